The number of para-hydroxylation sites is 2. The van der Waals surface area contributed by atoms with Gasteiger partial charge in [-0.05, 0) is 51.2 Å². The summed E-state index contributed by atoms with van der Waals surface area (Å²) in [6, 6.07) is 16.2. The van der Waals surface area contributed by atoms with Crippen molar-refractivity contribution in [1.82, 2.24) is 10.2 Å². The summed E-state index contributed by atoms with van der Waals surface area (Å²) in [6.45, 7) is 1.42. The number of hydrogen-bond acceptors (Lipinski definition) is 10. The van der Waals surface area contributed by atoms with Crippen LogP contribution in [0.5, 0.6) is 17.2 Å². The summed E-state index contributed by atoms with van der Waals surface area (Å²) in [5, 5.41) is 60.4. The van der Waals surface area contributed by atoms with Gasteiger partial charge in [-0.15, -0.1) is 0 Å². The number of aromatic hydroxyl groups is 1. The number of phenols is 1. The monoisotopic (exact) mass is 624 g/mol. The summed E-state index contributed by atoms with van der Waals surface area (Å²) in [4.78, 5) is 44.1. The minimum Gasteiger partial charge on any atom is -0.508 e. The lowest BCUT2D eigenvalue weighted by Crippen LogP contribution is -2.67. The van der Waals surface area contributed by atoms with Gasteiger partial charge in [0.25, 0.3) is 5.91 Å². The zero-order valence-electron chi connectivity index (χ0n) is 25.2. The van der Waals surface area contributed by atoms with Gasteiger partial charge in [-0.1, -0.05) is 48.5 Å². The molecule has 0 unspecified atom stereocenters. The van der Waals surface area contributed by atoms with Gasteiger partial charge >= 0.3 is 0 Å². The average molecular weight is 625 g/mol. The van der Waals surface area contributed by atoms with E-state index in [1.54, 1.807) is 62.6 Å². The number of hydrogen-bond donors (Lipinski definition) is 6. The number of carbonyl (C=O) groups is 3. The second-order valence-corrected chi connectivity index (χ2v) is 12.7. The van der Waals surface area contributed by atoms with Gasteiger partial charge in [0.15, 0.2) is 11.4 Å². The van der Waals surface area contributed by atoms with Crippen molar-refractivity contribution in [3.05, 3.63) is 106 Å². The maximum absolute atomic E-state index is 14.4. The molecule has 5 atom stereocenters. The molecule has 11 heteroatoms. The number of Topliss-reactive ketones (excluding diaryl/α,β-unsaturated/α-hetero) is 2. The topological polar surface area (TPSA) is 177 Å². The van der Waals surface area contributed by atoms with Crippen LogP contribution in [0.2, 0.25) is 0 Å². The second-order valence-electron chi connectivity index (χ2n) is 12.7. The number of likely N-dealkylation sites (N-methyl/N-ethyl adjacent to an activating group) is 1. The Morgan fingerprint density at radius 2 is 1.52 bits per heavy atom. The van der Waals surface area contributed by atoms with E-state index in [4.69, 9.17) is 4.74 Å². The van der Waals surface area contributed by atoms with Crippen molar-refractivity contribution in [3.8, 4) is 17.2 Å². The third-order valence-electron chi connectivity index (χ3n) is 9.96. The molecule has 3 aromatic carbocycles. The molecule has 0 saturated heterocycles. The van der Waals surface area contributed by atoms with Crippen LogP contribution in [0.15, 0.2) is 83.6 Å². The molecule has 0 aromatic heterocycles. The number of nitrogens with one attached hydrogen (secondary N) is 1. The van der Waals surface area contributed by atoms with Gasteiger partial charge in [-0.2, -0.15) is 0 Å². The standard InChI is InChI=1S/C35H32N2O9/c1-34(44)18-11-8-12-21(38)24(18)29(39)25-19(34)15-20-28(37(2)3)30(40)26(32(42)35(20,45)31(25)41)33(43)36-27-16-9-4-6-13-22(16)46-23-14-7-5-10-17(23)27/h4-14,19-20,27-28,38-39,42,44-45H,15H2,1-3H3,(H,36,43)/t19-,20-,28-,34-,35+/m0/s1. The predicted molar refractivity (Wildman–Crippen MR) is 164 cm³/mol. The molecule has 1 aliphatic heterocycles. The number of ketones is 2. The number of fused-ring (bicyclic) bond motifs is 5. The third kappa shape index (κ3) is 3.85. The van der Waals surface area contributed by atoms with Gasteiger partial charge in [0, 0.05) is 28.5 Å². The molecule has 3 aliphatic carbocycles. The zero-order valence-corrected chi connectivity index (χ0v) is 25.2. The Balaban J connectivity index is 1.37. The maximum atomic E-state index is 14.4. The molecular formula is C35H32N2O9. The number of aliphatic hydroxyl groups excluding tert-OH is 2. The molecule has 0 radical (unpaired) electrons. The lowest BCUT2D eigenvalue weighted by atomic mass is 9.54. The molecule has 4 aliphatic rings. The van der Waals surface area contributed by atoms with Crippen molar-refractivity contribution >= 4 is 23.2 Å². The van der Waals surface area contributed by atoms with Crippen LogP contribution < -0.4 is 10.1 Å². The van der Waals surface area contributed by atoms with Gasteiger partial charge in [-0.3, -0.25) is 19.3 Å². The Labute approximate surface area is 263 Å². The molecule has 0 bridgehead atoms. The Bertz CT molecular complexity index is 1880. The van der Waals surface area contributed by atoms with Crippen LogP contribution in [-0.2, 0) is 20.0 Å². The Morgan fingerprint density at radius 1 is 0.913 bits per heavy atom. The van der Waals surface area contributed by atoms with E-state index in [9.17, 15) is 39.9 Å². The highest BCUT2D eigenvalue weighted by Crippen LogP contribution is 2.57. The van der Waals surface area contributed by atoms with E-state index in [2.05, 4.69) is 5.32 Å². The summed E-state index contributed by atoms with van der Waals surface area (Å²) in [6.07, 6.45) is -0.224. The second kappa shape index (κ2) is 10.0. The number of nitrogens with zero attached hydrogens (tertiary/aromatic N) is 1. The van der Waals surface area contributed by atoms with Crippen LogP contribution >= 0.6 is 0 Å². The first-order chi connectivity index (χ1) is 21.8. The summed E-state index contributed by atoms with van der Waals surface area (Å²) in [5.74, 6) is -6.68. The molecule has 7 rings (SSSR count). The zero-order chi connectivity index (χ0) is 32.9. The first-order valence-corrected chi connectivity index (χ1v) is 14.9. The fourth-order valence-corrected chi connectivity index (χ4v) is 7.75. The van der Waals surface area contributed by atoms with E-state index < -0.39 is 81.0 Å². The summed E-state index contributed by atoms with van der Waals surface area (Å²) in [7, 11) is 3.09. The number of amides is 1. The summed E-state index contributed by atoms with van der Waals surface area (Å²) >= 11 is 0. The van der Waals surface area contributed by atoms with E-state index in [-0.39, 0.29) is 17.5 Å². The highest BCUT2D eigenvalue weighted by Gasteiger charge is 2.66. The van der Waals surface area contributed by atoms with E-state index >= 15 is 0 Å². The van der Waals surface area contributed by atoms with Crippen LogP contribution in [-0.4, -0.2) is 73.6 Å². The molecule has 1 saturated carbocycles. The highest BCUT2D eigenvalue weighted by atomic mass is 16.5. The van der Waals surface area contributed by atoms with Gasteiger partial charge < -0.3 is 35.6 Å². The van der Waals surface area contributed by atoms with E-state index in [1.165, 1.54) is 30.0 Å². The van der Waals surface area contributed by atoms with Crippen molar-refractivity contribution in [1.29, 1.82) is 0 Å². The average Bonchev–Trinajstić information content (AvgIpc) is 3.01. The fourth-order valence-electron chi connectivity index (χ4n) is 7.75. The molecule has 11 nitrogen and oxygen atoms in total. The molecule has 1 fully saturated rings. The maximum Gasteiger partial charge on any atom is 0.259 e. The number of carbonyl (C=O) groups excluding carboxylic acids is 3. The van der Waals surface area contributed by atoms with Gasteiger partial charge in [-0.25, -0.2) is 0 Å². The summed E-state index contributed by atoms with van der Waals surface area (Å²) in [5.41, 5.74) is -4.67. The van der Waals surface area contributed by atoms with E-state index in [0.29, 0.717) is 22.6 Å². The van der Waals surface area contributed by atoms with Crippen LogP contribution in [0.25, 0.3) is 5.76 Å². The quantitative estimate of drug-likeness (QED) is 0.237. The van der Waals surface area contributed by atoms with Crippen molar-refractivity contribution in [2.45, 2.75) is 36.6 Å². The number of rotatable bonds is 3. The number of aliphatic hydroxyl groups is 4. The van der Waals surface area contributed by atoms with Crippen LogP contribution in [0.1, 0.15) is 41.6 Å². The van der Waals surface area contributed by atoms with Crippen molar-refractivity contribution in [2.75, 3.05) is 14.1 Å². The molecule has 46 heavy (non-hydrogen) atoms. The van der Waals surface area contributed by atoms with Crippen LogP contribution in [0.3, 0.4) is 0 Å². The number of phenolic OH excluding ortho intramolecular Hbond substituents is 1. The first kappa shape index (κ1) is 29.7. The molecule has 0 spiro atoms. The Hall–Kier alpha value is -4.97. The molecule has 1 heterocycles. The Kier molecular flexibility index (Phi) is 6.47. The highest BCUT2D eigenvalue weighted by molar-refractivity contribution is 6.25. The normalized spacial score (nSPS) is 28.5. The molecule has 3 aromatic rings. The fraction of sp³-hybridized carbons (Fsp3) is 0.286. The van der Waals surface area contributed by atoms with Crippen LogP contribution in [0.4, 0.5) is 0 Å². The molecule has 6 N–H and O–H groups in total. The smallest absolute Gasteiger partial charge is 0.259 e. The van der Waals surface area contributed by atoms with Crippen LogP contribution in [0, 0.1) is 11.8 Å². The SMILES string of the molecule is CN(C)[C@@H]1C(=O)C(C(=O)NC2c3ccccc3Oc3ccccc32)=C(O)[C@]2(O)C(=O)C3=C(O)c4c(O)cccc4[C@](C)(O)[C@H]3C[C@@H]12. The molecule has 1 amide bonds. The molecular weight excluding hydrogens is 592 g/mol. The number of ether oxygens (including phenoxy) is 1. The lowest BCUT2D eigenvalue weighted by Gasteiger charge is -2.53. The number of benzene rings is 3. The Morgan fingerprint density at radius 3 is 2.13 bits per heavy atom. The minimum absolute atomic E-state index is 0.164. The molecule has 236 valence electrons. The predicted octanol–water partition coefficient (Wildman–Crippen LogP) is 3.16. The minimum atomic E-state index is -2.82. The first-order valence-electron chi connectivity index (χ1n) is 14.9. The third-order valence-corrected chi connectivity index (χ3v) is 9.96. The van der Waals surface area contributed by atoms with Crippen molar-refractivity contribution in [3.63, 3.8) is 0 Å². The van der Waals surface area contributed by atoms with E-state index in [1.807, 2.05) is 0 Å². The van der Waals surface area contributed by atoms with Crippen molar-refractivity contribution < 1.29 is 44.7 Å². The van der Waals surface area contributed by atoms with E-state index in [0.717, 1.165) is 0 Å². The van der Waals surface area contributed by atoms with Gasteiger partial charge in [0.05, 0.1) is 23.2 Å². The van der Waals surface area contributed by atoms with Gasteiger partial charge in [0.2, 0.25) is 5.78 Å². The summed E-state index contributed by atoms with van der Waals surface area (Å²) < 4.78 is 6.00. The lowest BCUT2D eigenvalue weighted by molar-refractivity contribution is -0.159. The van der Waals surface area contributed by atoms with Gasteiger partial charge in [0.1, 0.15) is 34.3 Å². The van der Waals surface area contributed by atoms with Crippen molar-refractivity contribution in [2.24, 2.45) is 11.8 Å². The largest absolute Gasteiger partial charge is 0.508 e.